The van der Waals surface area contributed by atoms with E-state index in [0.29, 0.717) is 24.5 Å². The topological polar surface area (TPSA) is 35.5 Å². The SMILES string of the molecule is C=C1CO[C@@H](c2ccccc2)[C@]1(CCc1ccc(Cl)cc1)C(=O)OC. The van der Waals surface area contributed by atoms with Crippen LogP contribution in [0.15, 0.2) is 66.7 Å². The second-order valence-corrected chi connectivity index (χ2v) is 6.73. The number of hydrogen-bond donors (Lipinski definition) is 0. The summed E-state index contributed by atoms with van der Waals surface area (Å²) in [6, 6.07) is 17.5. The highest BCUT2D eigenvalue weighted by Gasteiger charge is 2.54. The van der Waals surface area contributed by atoms with Gasteiger partial charge < -0.3 is 9.47 Å². The van der Waals surface area contributed by atoms with Gasteiger partial charge in [0.2, 0.25) is 0 Å². The van der Waals surface area contributed by atoms with Crippen molar-refractivity contribution < 1.29 is 14.3 Å². The molecule has 130 valence electrons. The summed E-state index contributed by atoms with van der Waals surface area (Å²) in [6.07, 6.45) is 0.887. The lowest BCUT2D eigenvalue weighted by Crippen LogP contribution is -2.37. The molecule has 3 rings (SSSR count). The molecule has 4 heteroatoms. The van der Waals surface area contributed by atoms with E-state index in [1.54, 1.807) is 0 Å². The van der Waals surface area contributed by atoms with Gasteiger partial charge in [0.05, 0.1) is 13.7 Å². The van der Waals surface area contributed by atoms with E-state index in [2.05, 4.69) is 6.58 Å². The van der Waals surface area contributed by atoms with Crippen LogP contribution < -0.4 is 0 Å². The van der Waals surface area contributed by atoms with Crippen molar-refractivity contribution in [1.29, 1.82) is 0 Å². The Morgan fingerprint density at radius 3 is 2.56 bits per heavy atom. The third-order valence-corrected chi connectivity index (χ3v) is 5.13. The van der Waals surface area contributed by atoms with Gasteiger partial charge in [-0.05, 0) is 41.7 Å². The van der Waals surface area contributed by atoms with Crippen LogP contribution in [0.4, 0.5) is 0 Å². The van der Waals surface area contributed by atoms with E-state index in [9.17, 15) is 4.79 Å². The molecule has 0 amide bonds. The number of benzene rings is 2. The van der Waals surface area contributed by atoms with E-state index >= 15 is 0 Å². The highest BCUT2D eigenvalue weighted by atomic mass is 35.5. The molecule has 0 spiro atoms. The Morgan fingerprint density at radius 1 is 1.24 bits per heavy atom. The predicted octanol–water partition coefficient (Wildman–Crippen LogP) is 4.76. The van der Waals surface area contributed by atoms with Gasteiger partial charge in [0.1, 0.15) is 11.5 Å². The highest BCUT2D eigenvalue weighted by Crippen LogP contribution is 2.51. The minimum Gasteiger partial charge on any atom is -0.468 e. The molecule has 25 heavy (non-hydrogen) atoms. The third-order valence-electron chi connectivity index (χ3n) is 4.88. The Balaban J connectivity index is 1.94. The molecular weight excluding hydrogens is 336 g/mol. The molecule has 0 unspecified atom stereocenters. The van der Waals surface area contributed by atoms with Crippen LogP contribution in [0.5, 0.6) is 0 Å². The summed E-state index contributed by atoms with van der Waals surface area (Å²) in [5, 5.41) is 0.696. The van der Waals surface area contributed by atoms with Crippen molar-refractivity contribution in [2.45, 2.75) is 18.9 Å². The second-order valence-electron chi connectivity index (χ2n) is 6.29. The summed E-state index contributed by atoms with van der Waals surface area (Å²) in [6.45, 7) is 4.49. The summed E-state index contributed by atoms with van der Waals surface area (Å²) in [5.74, 6) is -0.294. The molecule has 2 aromatic rings. The number of aryl methyl sites for hydroxylation is 1. The first-order valence-corrected chi connectivity index (χ1v) is 8.63. The Labute approximate surface area is 153 Å². The largest absolute Gasteiger partial charge is 0.468 e. The van der Waals surface area contributed by atoms with Gasteiger partial charge >= 0.3 is 5.97 Å². The number of methoxy groups -OCH3 is 1. The van der Waals surface area contributed by atoms with Crippen LogP contribution in [0.3, 0.4) is 0 Å². The van der Waals surface area contributed by atoms with Crippen molar-refractivity contribution >= 4 is 17.6 Å². The first-order chi connectivity index (χ1) is 12.1. The molecule has 2 aromatic carbocycles. The highest BCUT2D eigenvalue weighted by molar-refractivity contribution is 6.30. The van der Waals surface area contributed by atoms with E-state index in [4.69, 9.17) is 21.1 Å². The number of rotatable bonds is 5. The molecule has 2 atom stereocenters. The second kappa shape index (κ2) is 7.42. The zero-order chi connectivity index (χ0) is 17.9. The smallest absolute Gasteiger partial charge is 0.319 e. The summed E-state index contributed by atoms with van der Waals surface area (Å²) in [4.78, 5) is 12.8. The summed E-state index contributed by atoms with van der Waals surface area (Å²) >= 11 is 5.96. The van der Waals surface area contributed by atoms with Crippen LogP contribution in [0.25, 0.3) is 0 Å². The Bertz CT molecular complexity index is 754. The van der Waals surface area contributed by atoms with Crippen molar-refractivity contribution in [3.63, 3.8) is 0 Å². The maximum absolute atomic E-state index is 12.8. The quantitative estimate of drug-likeness (QED) is 0.572. The van der Waals surface area contributed by atoms with Crippen LogP contribution in [0, 0.1) is 5.41 Å². The van der Waals surface area contributed by atoms with E-state index in [0.717, 1.165) is 16.7 Å². The van der Waals surface area contributed by atoms with Gasteiger partial charge in [-0.1, -0.05) is 60.6 Å². The van der Waals surface area contributed by atoms with E-state index in [1.807, 2.05) is 54.6 Å². The van der Waals surface area contributed by atoms with Crippen LogP contribution in [0.2, 0.25) is 5.02 Å². The van der Waals surface area contributed by atoms with E-state index in [-0.39, 0.29) is 12.1 Å². The normalized spacial score (nSPS) is 22.8. The fourth-order valence-electron chi connectivity index (χ4n) is 3.48. The van der Waals surface area contributed by atoms with Crippen LogP contribution in [-0.2, 0) is 20.7 Å². The third kappa shape index (κ3) is 3.35. The number of carbonyl (C=O) groups is 1. The molecule has 1 fully saturated rings. The Morgan fingerprint density at radius 2 is 1.92 bits per heavy atom. The predicted molar refractivity (Wildman–Crippen MR) is 98.5 cm³/mol. The van der Waals surface area contributed by atoms with Crippen LogP contribution in [-0.4, -0.2) is 19.7 Å². The molecule has 1 heterocycles. The fraction of sp³-hybridized carbons (Fsp3) is 0.286. The maximum Gasteiger partial charge on any atom is 0.319 e. The minimum absolute atomic E-state index is 0.294. The average molecular weight is 357 g/mol. The van der Waals surface area contributed by atoms with Gasteiger partial charge in [-0.3, -0.25) is 4.79 Å². The number of ether oxygens (including phenoxy) is 2. The molecular formula is C21H21ClO3. The number of esters is 1. The maximum atomic E-state index is 12.8. The summed E-state index contributed by atoms with van der Waals surface area (Å²) in [7, 11) is 1.42. The first-order valence-electron chi connectivity index (χ1n) is 8.25. The molecule has 0 aromatic heterocycles. The van der Waals surface area contributed by atoms with Gasteiger partial charge in [0.25, 0.3) is 0 Å². The lowest BCUT2D eigenvalue weighted by molar-refractivity contribution is -0.155. The molecule has 0 saturated carbocycles. The first kappa shape index (κ1) is 17.7. The zero-order valence-corrected chi connectivity index (χ0v) is 15.0. The van der Waals surface area contributed by atoms with Crippen molar-refractivity contribution in [3.8, 4) is 0 Å². The molecule has 0 radical (unpaired) electrons. The monoisotopic (exact) mass is 356 g/mol. The summed E-state index contributed by atoms with van der Waals surface area (Å²) < 4.78 is 11.1. The summed E-state index contributed by atoms with van der Waals surface area (Å²) in [5.41, 5.74) is 1.96. The van der Waals surface area contributed by atoms with E-state index in [1.165, 1.54) is 7.11 Å². The number of halogens is 1. The molecule has 1 aliphatic rings. The molecule has 0 aliphatic carbocycles. The van der Waals surface area contributed by atoms with Gasteiger partial charge in [0.15, 0.2) is 0 Å². The van der Waals surface area contributed by atoms with Gasteiger partial charge in [-0.2, -0.15) is 0 Å². The standard InChI is InChI=1S/C21H21ClO3/c1-15-14-25-19(17-6-4-3-5-7-17)21(15,20(23)24-2)13-12-16-8-10-18(22)11-9-16/h3-11,19H,1,12-14H2,2H3/t19-,21+/m0/s1. The number of carbonyl (C=O) groups excluding carboxylic acids is 1. The fourth-order valence-corrected chi connectivity index (χ4v) is 3.61. The lowest BCUT2D eigenvalue weighted by Gasteiger charge is -2.32. The molecule has 1 saturated heterocycles. The van der Waals surface area contributed by atoms with Gasteiger partial charge in [-0.15, -0.1) is 0 Å². The molecule has 1 aliphatic heterocycles. The minimum atomic E-state index is -0.879. The van der Waals surface area contributed by atoms with Crippen molar-refractivity contribution in [1.82, 2.24) is 0 Å². The number of hydrogen-bond acceptors (Lipinski definition) is 3. The Kier molecular flexibility index (Phi) is 5.26. The van der Waals surface area contributed by atoms with Crippen LogP contribution >= 0.6 is 11.6 Å². The van der Waals surface area contributed by atoms with E-state index < -0.39 is 5.41 Å². The van der Waals surface area contributed by atoms with Crippen molar-refractivity contribution in [3.05, 3.63) is 82.9 Å². The molecule has 0 bridgehead atoms. The molecule has 3 nitrogen and oxygen atoms in total. The van der Waals surface area contributed by atoms with Gasteiger partial charge in [0, 0.05) is 5.02 Å². The van der Waals surface area contributed by atoms with Gasteiger partial charge in [-0.25, -0.2) is 0 Å². The average Bonchev–Trinajstić information content (AvgIpc) is 2.98. The molecule has 0 N–H and O–H groups in total. The zero-order valence-electron chi connectivity index (χ0n) is 14.2. The lowest BCUT2D eigenvalue weighted by atomic mass is 9.71. The van der Waals surface area contributed by atoms with Crippen molar-refractivity contribution in [2.75, 3.05) is 13.7 Å². The van der Waals surface area contributed by atoms with Crippen molar-refractivity contribution in [2.24, 2.45) is 5.41 Å². The Hall–Kier alpha value is -2.10. The van der Waals surface area contributed by atoms with Crippen LogP contribution in [0.1, 0.15) is 23.7 Å².